The highest BCUT2D eigenvalue weighted by molar-refractivity contribution is 6.12. The molecule has 10 aromatic rings. The van der Waals surface area contributed by atoms with Gasteiger partial charge in [0.05, 0.1) is 11.4 Å². The number of nitrogens with zero attached hydrogens (tertiary/aromatic N) is 1. The molecule has 0 N–H and O–H groups in total. The van der Waals surface area contributed by atoms with Gasteiger partial charge in [0.25, 0.3) is 0 Å². The highest BCUT2D eigenvalue weighted by Gasteiger charge is 2.20. The molecule has 0 aromatic heterocycles. The summed E-state index contributed by atoms with van der Waals surface area (Å²) in [5.74, 6) is 0. The standard InChI is InChI=1S/C52H35N/c1-2-14-38(15-3-1)44-26-11-20-40-21-12-27-45(52(40)44)39-30-32-41(33-31-39)53(50-29-13-19-37-17-5-7-23-43(37)50)51-35-34-48(47-24-8-9-25-49(47)51)46-28-10-18-36-16-4-6-22-42(36)46/h1-35H. The van der Waals surface area contributed by atoms with E-state index in [9.17, 15) is 0 Å². The molecule has 0 aliphatic carbocycles. The van der Waals surface area contributed by atoms with Crippen molar-refractivity contribution in [3.8, 4) is 33.4 Å². The Balaban J connectivity index is 1.17. The van der Waals surface area contributed by atoms with E-state index in [1.165, 1.54) is 76.5 Å². The van der Waals surface area contributed by atoms with Crippen LogP contribution in [0.5, 0.6) is 0 Å². The van der Waals surface area contributed by atoms with Crippen molar-refractivity contribution in [1.29, 1.82) is 0 Å². The molecule has 0 aliphatic rings. The maximum Gasteiger partial charge on any atom is 0.0540 e. The van der Waals surface area contributed by atoms with Gasteiger partial charge in [0.1, 0.15) is 0 Å². The molecular formula is C52H35N. The average molecular weight is 674 g/mol. The summed E-state index contributed by atoms with van der Waals surface area (Å²) >= 11 is 0. The highest BCUT2D eigenvalue weighted by atomic mass is 15.1. The van der Waals surface area contributed by atoms with Crippen LogP contribution in [0.4, 0.5) is 17.1 Å². The molecule has 0 aliphatic heterocycles. The van der Waals surface area contributed by atoms with Crippen molar-refractivity contribution in [2.45, 2.75) is 0 Å². The maximum absolute atomic E-state index is 2.44. The second-order valence-corrected chi connectivity index (χ2v) is 13.7. The smallest absolute Gasteiger partial charge is 0.0540 e. The van der Waals surface area contributed by atoms with Crippen molar-refractivity contribution in [2.24, 2.45) is 0 Å². The molecule has 0 spiro atoms. The molecule has 0 bridgehead atoms. The third-order valence-electron chi connectivity index (χ3n) is 10.7. The van der Waals surface area contributed by atoms with E-state index in [0.717, 1.165) is 17.1 Å². The Morgan fingerprint density at radius 2 is 0.717 bits per heavy atom. The van der Waals surface area contributed by atoms with Crippen molar-refractivity contribution in [3.63, 3.8) is 0 Å². The van der Waals surface area contributed by atoms with Gasteiger partial charge < -0.3 is 4.90 Å². The largest absolute Gasteiger partial charge is 0.309 e. The average Bonchev–Trinajstić information content (AvgIpc) is 3.24. The van der Waals surface area contributed by atoms with Gasteiger partial charge in [-0.1, -0.05) is 188 Å². The fraction of sp³-hybridized carbons (Fsp3) is 0. The van der Waals surface area contributed by atoms with Crippen LogP contribution in [0, 0.1) is 0 Å². The van der Waals surface area contributed by atoms with Gasteiger partial charge in [-0.05, 0) is 90.0 Å². The van der Waals surface area contributed by atoms with Gasteiger partial charge in [-0.15, -0.1) is 0 Å². The van der Waals surface area contributed by atoms with E-state index in [1.807, 2.05) is 0 Å². The molecule has 0 heterocycles. The van der Waals surface area contributed by atoms with Gasteiger partial charge in [-0.2, -0.15) is 0 Å². The number of fused-ring (bicyclic) bond motifs is 4. The molecule has 1 nitrogen and oxygen atoms in total. The van der Waals surface area contributed by atoms with Crippen molar-refractivity contribution in [1.82, 2.24) is 0 Å². The lowest BCUT2D eigenvalue weighted by Gasteiger charge is -2.29. The second-order valence-electron chi connectivity index (χ2n) is 13.7. The molecule has 10 rings (SSSR count). The van der Waals surface area contributed by atoms with Crippen molar-refractivity contribution >= 4 is 60.2 Å². The maximum atomic E-state index is 2.44. The van der Waals surface area contributed by atoms with Crippen LogP contribution in [0.3, 0.4) is 0 Å². The van der Waals surface area contributed by atoms with Gasteiger partial charge in [0.15, 0.2) is 0 Å². The van der Waals surface area contributed by atoms with Crippen LogP contribution >= 0.6 is 0 Å². The summed E-state index contributed by atoms with van der Waals surface area (Å²) in [4.78, 5) is 2.44. The molecule has 53 heavy (non-hydrogen) atoms. The summed E-state index contributed by atoms with van der Waals surface area (Å²) in [6.07, 6.45) is 0. The first-order valence-corrected chi connectivity index (χ1v) is 18.3. The minimum atomic E-state index is 1.11. The normalized spacial score (nSPS) is 11.4. The van der Waals surface area contributed by atoms with Crippen LogP contribution in [0.2, 0.25) is 0 Å². The van der Waals surface area contributed by atoms with E-state index < -0.39 is 0 Å². The fourth-order valence-electron chi connectivity index (χ4n) is 8.21. The van der Waals surface area contributed by atoms with Crippen molar-refractivity contribution < 1.29 is 0 Å². The minimum absolute atomic E-state index is 1.11. The Morgan fingerprint density at radius 3 is 1.43 bits per heavy atom. The highest BCUT2D eigenvalue weighted by Crippen LogP contribution is 2.46. The Bertz CT molecular complexity index is 2930. The summed E-state index contributed by atoms with van der Waals surface area (Å²) in [7, 11) is 0. The lowest BCUT2D eigenvalue weighted by atomic mass is 9.91. The van der Waals surface area contributed by atoms with Crippen LogP contribution < -0.4 is 4.90 Å². The Morgan fingerprint density at radius 1 is 0.245 bits per heavy atom. The first-order valence-electron chi connectivity index (χ1n) is 18.3. The number of hydrogen-bond acceptors (Lipinski definition) is 1. The Labute approximate surface area is 309 Å². The predicted molar refractivity (Wildman–Crippen MR) is 227 cm³/mol. The molecule has 0 atom stereocenters. The monoisotopic (exact) mass is 673 g/mol. The predicted octanol–water partition coefficient (Wildman–Crippen LogP) is 14.8. The van der Waals surface area contributed by atoms with Gasteiger partial charge in [-0.3, -0.25) is 0 Å². The summed E-state index contributed by atoms with van der Waals surface area (Å²) in [5, 5.41) is 9.88. The van der Waals surface area contributed by atoms with Crippen LogP contribution in [0.15, 0.2) is 212 Å². The third kappa shape index (κ3) is 5.34. The molecule has 0 radical (unpaired) electrons. The van der Waals surface area contributed by atoms with E-state index >= 15 is 0 Å². The van der Waals surface area contributed by atoms with Crippen LogP contribution in [-0.4, -0.2) is 0 Å². The van der Waals surface area contributed by atoms with Crippen LogP contribution in [0.25, 0.3) is 76.5 Å². The number of anilines is 3. The lowest BCUT2D eigenvalue weighted by molar-refractivity contribution is 1.31. The number of benzene rings is 10. The van der Waals surface area contributed by atoms with Crippen molar-refractivity contribution in [3.05, 3.63) is 212 Å². The van der Waals surface area contributed by atoms with Gasteiger partial charge >= 0.3 is 0 Å². The van der Waals surface area contributed by atoms with Crippen molar-refractivity contribution in [2.75, 3.05) is 4.90 Å². The molecule has 10 aromatic carbocycles. The summed E-state index contributed by atoms with van der Waals surface area (Å²) in [6, 6.07) is 77.2. The summed E-state index contributed by atoms with van der Waals surface area (Å²) < 4.78 is 0. The quantitative estimate of drug-likeness (QED) is 0.170. The molecule has 1 heteroatoms. The third-order valence-corrected chi connectivity index (χ3v) is 10.7. The fourth-order valence-corrected chi connectivity index (χ4v) is 8.21. The Kier molecular flexibility index (Phi) is 7.55. The topological polar surface area (TPSA) is 3.24 Å². The zero-order chi connectivity index (χ0) is 35.1. The lowest BCUT2D eigenvalue weighted by Crippen LogP contribution is -2.11. The van der Waals surface area contributed by atoms with E-state index in [2.05, 4.69) is 217 Å². The van der Waals surface area contributed by atoms with Gasteiger partial charge in [0.2, 0.25) is 0 Å². The van der Waals surface area contributed by atoms with Crippen LogP contribution in [-0.2, 0) is 0 Å². The second kappa shape index (κ2) is 13.0. The molecular weight excluding hydrogens is 639 g/mol. The molecule has 0 saturated carbocycles. The first-order chi connectivity index (χ1) is 26.3. The molecule has 0 fully saturated rings. The molecule has 0 amide bonds. The van der Waals surface area contributed by atoms with Gasteiger partial charge in [0, 0.05) is 16.5 Å². The number of hydrogen-bond donors (Lipinski definition) is 0. The van der Waals surface area contributed by atoms with E-state index in [1.54, 1.807) is 0 Å². The van der Waals surface area contributed by atoms with E-state index in [0.29, 0.717) is 0 Å². The first kappa shape index (κ1) is 30.8. The minimum Gasteiger partial charge on any atom is -0.309 e. The molecule has 0 saturated heterocycles. The van der Waals surface area contributed by atoms with Crippen LogP contribution in [0.1, 0.15) is 0 Å². The van der Waals surface area contributed by atoms with E-state index in [4.69, 9.17) is 0 Å². The summed E-state index contributed by atoms with van der Waals surface area (Å²) in [6.45, 7) is 0. The Hall–Kier alpha value is -6.96. The zero-order valence-corrected chi connectivity index (χ0v) is 29.2. The molecule has 248 valence electrons. The zero-order valence-electron chi connectivity index (χ0n) is 29.2. The van der Waals surface area contributed by atoms with E-state index in [-0.39, 0.29) is 0 Å². The summed E-state index contributed by atoms with van der Waals surface area (Å²) in [5.41, 5.74) is 10.8. The molecule has 0 unspecified atom stereocenters. The SMILES string of the molecule is c1ccc(-c2cccc3cccc(-c4ccc(N(c5cccc6ccccc56)c5ccc(-c6cccc7ccccc67)c6ccccc56)cc4)c23)cc1. The number of rotatable bonds is 6. The van der Waals surface area contributed by atoms with Gasteiger partial charge in [-0.25, -0.2) is 0 Å².